The molecule has 1 atom stereocenters. The van der Waals surface area contributed by atoms with Gasteiger partial charge in [-0.1, -0.05) is 0 Å². The van der Waals surface area contributed by atoms with Gasteiger partial charge < -0.3 is 4.42 Å². The van der Waals surface area contributed by atoms with Crippen LogP contribution in [-0.2, 0) is 17.7 Å². The average Bonchev–Trinajstić information content (AvgIpc) is 3.08. The fourth-order valence-electron chi connectivity index (χ4n) is 2.58. The van der Waals surface area contributed by atoms with Gasteiger partial charge in [-0.2, -0.15) is 0 Å². The molecule has 0 saturated heterocycles. The number of halogens is 2. The monoisotopic (exact) mass is 380 g/mol. The number of oxazole rings is 1. The molecule has 0 saturated carbocycles. The summed E-state index contributed by atoms with van der Waals surface area (Å²) < 4.78 is 55.1. The zero-order chi connectivity index (χ0) is 18.7. The molecule has 2 aromatic carbocycles. The molecule has 0 aliphatic rings. The van der Waals surface area contributed by atoms with Gasteiger partial charge >= 0.3 is 0 Å². The van der Waals surface area contributed by atoms with Crippen LogP contribution in [0.2, 0.25) is 0 Å². The van der Waals surface area contributed by atoms with Crippen LogP contribution in [0.3, 0.4) is 0 Å². The van der Waals surface area contributed by atoms with E-state index in [0.717, 1.165) is 12.1 Å². The van der Waals surface area contributed by atoms with Crippen molar-refractivity contribution >= 4 is 28.1 Å². The molecule has 2 N–H and O–H groups in total. The number of aromatic nitrogens is 1. The summed E-state index contributed by atoms with van der Waals surface area (Å²) >= 11 is -2.16. The number of rotatable bonds is 7. The van der Waals surface area contributed by atoms with Crippen molar-refractivity contribution in [3.8, 4) is 0 Å². The summed E-state index contributed by atoms with van der Waals surface area (Å²) in [6.45, 7) is 0.143. The Balaban J connectivity index is 1.86. The number of aryl methyl sites for hydroxylation is 1. The lowest BCUT2D eigenvalue weighted by Crippen LogP contribution is -2.18. The standard InChI is InChI=1S/C17H14F2N2O4S/c18-12-6-10(2-1-5-21-26(23)24)16(19)13(8-12)17(22)11-3-4-14-15(7-11)25-9-20-14/h3-4,6-9,21H,1-2,5H2,(H,23,24). The Kier molecular flexibility index (Phi) is 5.50. The van der Waals surface area contributed by atoms with Gasteiger partial charge in [0.25, 0.3) is 0 Å². The molecule has 3 aromatic rings. The van der Waals surface area contributed by atoms with Crippen molar-refractivity contribution in [3.63, 3.8) is 0 Å². The van der Waals surface area contributed by atoms with Crippen LogP contribution in [0.5, 0.6) is 0 Å². The number of ketones is 1. The van der Waals surface area contributed by atoms with Crippen LogP contribution < -0.4 is 4.72 Å². The van der Waals surface area contributed by atoms with Gasteiger partial charge in [0, 0.05) is 12.1 Å². The van der Waals surface area contributed by atoms with Crippen LogP contribution in [0.25, 0.3) is 11.1 Å². The fraction of sp³-hybridized carbons (Fsp3) is 0.176. The molecule has 136 valence electrons. The summed E-state index contributed by atoms with van der Waals surface area (Å²) in [7, 11) is 0. The lowest BCUT2D eigenvalue weighted by atomic mass is 9.98. The van der Waals surface area contributed by atoms with E-state index in [0.29, 0.717) is 17.5 Å². The van der Waals surface area contributed by atoms with Gasteiger partial charge in [-0.25, -0.2) is 22.7 Å². The third kappa shape index (κ3) is 4.01. The second kappa shape index (κ2) is 7.81. The lowest BCUT2D eigenvalue weighted by molar-refractivity contribution is 0.103. The minimum atomic E-state index is -2.16. The molecule has 0 amide bonds. The van der Waals surface area contributed by atoms with Crippen molar-refractivity contribution in [2.75, 3.05) is 6.54 Å². The fourth-order valence-corrected chi connectivity index (χ4v) is 2.90. The summed E-state index contributed by atoms with van der Waals surface area (Å²) in [4.78, 5) is 16.5. The normalized spacial score (nSPS) is 12.4. The summed E-state index contributed by atoms with van der Waals surface area (Å²) in [5.41, 5.74) is 0.728. The number of carbonyl (C=O) groups is 1. The van der Waals surface area contributed by atoms with E-state index in [1.807, 2.05) is 0 Å². The van der Waals surface area contributed by atoms with Crippen molar-refractivity contribution in [1.82, 2.24) is 9.71 Å². The predicted molar refractivity (Wildman–Crippen MR) is 90.9 cm³/mol. The molecule has 6 nitrogen and oxygen atoms in total. The highest BCUT2D eigenvalue weighted by Crippen LogP contribution is 2.22. The van der Waals surface area contributed by atoms with Crippen molar-refractivity contribution in [3.05, 3.63) is 65.1 Å². The Hall–Kier alpha value is -2.49. The van der Waals surface area contributed by atoms with Crippen molar-refractivity contribution < 1.29 is 26.8 Å². The highest BCUT2D eigenvalue weighted by atomic mass is 32.2. The highest BCUT2D eigenvalue weighted by molar-refractivity contribution is 7.77. The molecule has 0 aliphatic heterocycles. The van der Waals surface area contributed by atoms with Crippen LogP contribution >= 0.6 is 0 Å². The second-order valence-electron chi connectivity index (χ2n) is 5.54. The van der Waals surface area contributed by atoms with E-state index in [9.17, 15) is 17.8 Å². The van der Waals surface area contributed by atoms with E-state index in [1.165, 1.54) is 18.5 Å². The summed E-state index contributed by atoms with van der Waals surface area (Å²) in [6, 6.07) is 6.33. The third-order valence-corrected chi connectivity index (χ3v) is 4.25. The maximum atomic E-state index is 14.7. The van der Waals surface area contributed by atoms with E-state index in [-0.39, 0.29) is 29.7 Å². The number of nitrogens with zero attached hydrogens (tertiary/aromatic N) is 1. The molecule has 0 fully saturated rings. The number of nitrogens with one attached hydrogen (secondary N) is 1. The predicted octanol–water partition coefficient (Wildman–Crippen LogP) is 3.00. The van der Waals surface area contributed by atoms with Gasteiger partial charge in [-0.3, -0.25) is 9.35 Å². The number of hydrogen-bond acceptors (Lipinski definition) is 4. The maximum Gasteiger partial charge on any atom is 0.231 e. The first-order valence-corrected chi connectivity index (χ1v) is 8.76. The SMILES string of the molecule is O=C(c1ccc2ncoc2c1)c1cc(F)cc(CCCNS(=O)O)c1F. The van der Waals surface area contributed by atoms with Crippen LogP contribution in [0.1, 0.15) is 27.9 Å². The van der Waals surface area contributed by atoms with Crippen LogP contribution in [0.15, 0.2) is 41.1 Å². The van der Waals surface area contributed by atoms with Crippen molar-refractivity contribution in [1.29, 1.82) is 0 Å². The van der Waals surface area contributed by atoms with Crippen LogP contribution in [0, 0.1) is 11.6 Å². The zero-order valence-electron chi connectivity index (χ0n) is 13.4. The van der Waals surface area contributed by atoms with E-state index in [2.05, 4.69) is 9.71 Å². The Morgan fingerprint density at radius 3 is 2.85 bits per heavy atom. The van der Waals surface area contributed by atoms with Gasteiger partial charge in [0.05, 0.1) is 5.56 Å². The Bertz CT molecular complexity index is 990. The molecule has 0 bridgehead atoms. The molecule has 0 radical (unpaired) electrons. The number of benzene rings is 2. The minimum absolute atomic E-state index is 0.0274. The molecule has 26 heavy (non-hydrogen) atoms. The molecule has 3 rings (SSSR count). The Morgan fingerprint density at radius 2 is 2.08 bits per heavy atom. The quantitative estimate of drug-likeness (QED) is 0.373. The van der Waals surface area contributed by atoms with Gasteiger partial charge in [-0.05, 0) is 48.7 Å². The van der Waals surface area contributed by atoms with Gasteiger partial charge in [-0.15, -0.1) is 0 Å². The van der Waals surface area contributed by atoms with Gasteiger partial charge in [0.2, 0.25) is 11.3 Å². The first-order valence-electron chi connectivity index (χ1n) is 7.66. The zero-order valence-corrected chi connectivity index (χ0v) is 14.2. The molecule has 9 heteroatoms. The summed E-state index contributed by atoms with van der Waals surface area (Å²) in [6.07, 6.45) is 1.63. The van der Waals surface area contributed by atoms with Crippen molar-refractivity contribution in [2.24, 2.45) is 0 Å². The topological polar surface area (TPSA) is 92.4 Å². The lowest BCUT2D eigenvalue weighted by Gasteiger charge is -2.09. The Morgan fingerprint density at radius 1 is 1.27 bits per heavy atom. The molecular weight excluding hydrogens is 366 g/mol. The Labute approximate surface area is 149 Å². The minimum Gasteiger partial charge on any atom is -0.443 e. The summed E-state index contributed by atoms with van der Waals surface area (Å²) in [5, 5.41) is 0. The van der Waals surface area contributed by atoms with Crippen molar-refractivity contribution in [2.45, 2.75) is 12.8 Å². The third-order valence-electron chi connectivity index (χ3n) is 3.80. The van der Waals surface area contributed by atoms with E-state index in [1.54, 1.807) is 6.07 Å². The first kappa shape index (κ1) is 18.3. The maximum absolute atomic E-state index is 14.7. The molecule has 1 unspecified atom stereocenters. The van der Waals surface area contributed by atoms with E-state index >= 15 is 0 Å². The van der Waals surface area contributed by atoms with Crippen LogP contribution in [0.4, 0.5) is 8.78 Å². The average molecular weight is 380 g/mol. The van der Waals surface area contributed by atoms with E-state index in [4.69, 9.17) is 8.97 Å². The number of hydrogen-bond donors (Lipinski definition) is 2. The van der Waals surface area contributed by atoms with E-state index < -0.39 is 28.7 Å². The first-order chi connectivity index (χ1) is 12.5. The highest BCUT2D eigenvalue weighted by Gasteiger charge is 2.19. The smallest absolute Gasteiger partial charge is 0.231 e. The largest absolute Gasteiger partial charge is 0.443 e. The molecule has 1 aromatic heterocycles. The van der Waals surface area contributed by atoms with Gasteiger partial charge in [0.1, 0.15) is 17.2 Å². The molecule has 1 heterocycles. The summed E-state index contributed by atoms with van der Waals surface area (Å²) in [5.74, 6) is -2.21. The second-order valence-corrected chi connectivity index (χ2v) is 6.32. The molecule has 0 spiro atoms. The number of carbonyl (C=O) groups excluding carboxylic acids is 1. The molecular formula is C17H14F2N2O4S. The number of fused-ring (bicyclic) bond motifs is 1. The van der Waals surface area contributed by atoms with Crippen LogP contribution in [-0.4, -0.2) is 26.1 Å². The van der Waals surface area contributed by atoms with Gasteiger partial charge in [0.15, 0.2) is 17.8 Å². The molecule has 0 aliphatic carbocycles.